The van der Waals surface area contributed by atoms with Crippen molar-refractivity contribution in [3.8, 4) is 0 Å². The van der Waals surface area contributed by atoms with Crippen LogP contribution in [0.15, 0.2) is 23.1 Å². The van der Waals surface area contributed by atoms with Gasteiger partial charge in [0.05, 0.1) is 0 Å². The molecule has 1 aromatic rings. The zero-order chi connectivity index (χ0) is 12.0. The zero-order valence-electron chi connectivity index (χ0n) is 10.3. The Kier molecular flexibility index (Phi) is 5.09. The van der Waals surface area contributed by atoms with Crippen molar-refractivity contribution in [2.45, 2.75) is 46.1 Å². The van der Waals surface area contributed by atoms with Crippen LogP contribution in [0.1, 0.15) is 39.5 Å². The summed E-state index contributed by atoms with van der Waals surface area (Å²) in [5.74, 6) is 0.583. The van der Waals surface area contributed by atoms with Gasteiger partial charge in [-0.1, -0.05) is 33.1 Å². The number of pyridine rings is 1. The van der Waals surface area contributed by atoms with E-state index in [0.717, 1.165) is 13.0 Å². The second-order valence-corrected chi connectivity index (χ2v) is 4.37. The zero-order valence-corrected chi connectivity index (χ0v) is 10.3. The van der Waals surface area contributed by atoms with Crippen molar-refractivity contribution in [1.82, 2.24) is 4.57 Å². The molecule has 1 atom stereocenters. The smallest absolute Gasteiger partial charge is 0.250 e. The van der Waals surface area contributed by atoms with E-state index in [4.69, 9.17) is 5.73 Å². The molecule has 0 aliphatic rings. The topological polar surface area (TPSA) is 48.0 Å². The van der Waals surface area contributed by atoms with E-state index in [2.05, 4.69) is 13.8 Å². The fraction of sp³-hybridized carbons (Fsp3) is 0.615. The van der Waals surface area contributed by atoms with Crippen LogP contribution in [-0.4, -0.2) is 4.57 Å². The van der Waals surface area contributed by atoms with Crippen molar-refractivity contribution in [3.05, 3.63) is 28.7 Å². The van der Waals surface area contributed by atoms with Crippen molar-refractivity contribution in [2.24, 2.45) is 5.92 Å². The van der Waals surface area contributed by atoms with Crippen molar-refractivity contribution < 1.29 is 0 Å². The maximum atomic E-state index is 11.6. The summed E-state index contributed by atoms with van der Waals surface area (Å²) in [6.07, 6.45) is 6.49. The van der Waals surface area contributed by atoms with Crippen LogP contribution < -0.4 is 11.3 Å². The molecule has 0 saturated carbocycles. The molecule has 3 nitrogen and oxygen atoms in total. The lowest BCUT2D eigenvalue weighted by Crippen LogP contribution is -2.23. The van der Waals surface area contributed by atoms with E-state index in [9.17, 15) is 4.79 Å². The Bertz CT molecular complexity index is 370. The summed E-state index contributed by atoms with van der Waals surface area (Å²) in [6, 6.07) is 3.20. The summed E-state index contributed by atoms with van der Waals surface area (Å²) in [4.78, 5) is 11.6. The van der Waals surface area contributed by atoms with Gasteiger partial charge in [-0.15, -0.1) is 0 Å². The molecule has 0 amide bonds. The minimum atomic E-state index is 0.0455. The number of unbranched alkanes of at least 4 members (excludes halogenated alkanes) is 1. The van der Waals surface area contributed by atoms with Crippen LogP contribution in [0.3, 0.4) is 0 Å². The molecule has 0 saturated heterocycles. The summed E-state index contributed by atoms with van der Waals surface area (Å²) < 4.78 is 1.74. The maximum Gasteiger partial charge on any atom is 0.250 e. The minimum Gasteiger partial charge on any atom is -0.398 e. The molecule has 16 heavy (non-hydrogen) atoms. The number of hydrogen-bond donors (Lipinski definition) is 1. The van der Waals surface area contributed by atoms with Crippen LogP contribution in [0.2, 0.25) is 0 Å². The molecular formula is C13H22N2O. The molecular weight excluding hydrogens is 200 g/mol. The second kappa shape index (κ2) is 6.36. The number of nitrogen functional groups attached to an aromatic ring is 1. The van der Waals surface area contributed by atoms with E-state index in [-0.39, 0.29) is 5.56 Å². The normalized spacial score (nSPS) is 12.6. The molecule has 90 valence electrons. The quantitative estimate of drug-likeness (QED) is 0.804. The number of aromatic nitrogens is 1. The summed E-state index contributed by atoms with van der Waals surface area (Å²) in [7, 11) is 0. The Labute approximate surface area is 97.3 Å². The highest BCUT2D eigenvalue weighted by atomic mass is 16.1. The van der Waals surface area contributed by atoms with Crippen LogP contribution in [0, 0.1) is 5.92 Å². The number of nitrogens with two attached hydrogens (primary N) is 1. The minimum absolute atomic E-state index is 0.0455. The van der Waals surface area contributed by atoms with Gasteiger partial charge in [0.25, 0.3) is 5.56 Å². The van der Waals surface area contributed by atoms with Gasteiger partial charge in [0.1, 0.15) is 0 Å². The van der Waals surface area contributed by atoms with Gasteiger partial charge in [-0.3, -0.25) is 4.79 Å². The molecule has 1 rings (SSSR count). The highest BCUT2D eigenvalue weighted by Crippen LogP contribution is 2.14. The van der Waals surface area contributed by atoms with Gasteiger partial charge >= 0.3 is 0 Å². The Morgan fingerprint density at radius 3 is 2.75 bits per heavy atom. The van der Waals surface area contributed by atoms with Crippen molar-refractivity contribution >= 4 is 5.69 Å². The van der Waals surface area contributed by atoms with Crippen LogP contribution in [0.25, 0.3) is 0 Å². The van der Waals surface area contributed by atoms with Crippen LogP contribution >= 0.6 is 0 Å². The molecule has 1 heterocycles. The summed E-state index contributed by atoms with van der Waals surface area (Å²) in [5, 5.41) is 0. The second-order valence-electron chi connectivity index (χ2n) is 4.37. The molecule has 2 N–H and O–H groups in total. The summed E-state index contributed by atoms with van der Waals surface area (Å²) in [5.41, 5.74) is 6.39. The average molecular weight is 222 g/mol. The SMILES string of the molecule is CCCCC(CC)Cn1cc(N)ccc1=O. The molecule has 1 unspecified atom stereocenters. The van der Waals surface area contributed by atoms with E-state index in [1.165, 1.54) is 19.3 Å². The first-order valence-corrected chi connectivity index (χ1v) is 6.13. The van der Waals surface area contributed by atoms with Gasteiger partial charge in [0, 0.05) is 24.5 Å². The van der Waals surface area contributed by atoms with E-state index < -0.39 is 0 Å². The lowest BCUT2D eigenvalue weighted by atomic mass is 9.99. The number of hydrogen-bond acceptors (Lipinski definition) is 2. The first-order valence-electron chi connectivity index (χ1n) is 6.13. The maximum absolute atomic E-state index is 11.6. The Balaban J connectivity index is 2.69. The van der Waals surface area contributed by atoms with Gasteiger partial charge < -0.3 is 10.3 Å². The summed E-state index contributed by atoms with van der Waals surface area (Å²) >= 11 is 0. The molecule has 0 aliphatic carbocycles. The fourth-order valence-electron chi connectivity index (χ4n) is 1.89. The van der Waals surface area contributed by atoms with E-state index >= 15 is 0 Å². The summed E-state index contributed by atoms with van der Waals surface area (Å²) in [6.45, 7) is 5.16. The molecule has 0 fully saturated rings. The predicted octanol–water partition coefficient (Wildman–Crippen LogP) is 2.65. The van der Waals surface area contributed by atoms with Crippen molar-refractivity contribution in [2.75, 3.05) is 5.73 Å². The number of nitrogens with zero attached hydrogens (tertiary/aromatic N) is 1. The molecule has 0 spiro atoms. The van der Waals surface area contributed by atoms with Gasteiger partial charge in [0.15, 0.2) is 0 Å². The van der Waals surface area contributed by atoms with Crippen LogP contribution in [-0.2, 0) is 6.54 Å². The fourth-order valence-corrected chi connectivity index (χ4v) is 1.89. The molecule has 0 bridgehead atoms. The lowest BCUT2D eigenvalue weighted by Gasteiger charge is -2.16. The van der Waals surface area contributed by atoms with Gasteiger partial charge in [0.2, 0.25) is 0 Å². The van der Waals surface area contributed by atoms with Crippen molar-refractivity contribution in [3.63, 3.8) is 0 Å². The standard InChI is InChI=1S/C13H22N2O/c1-3-5-6-11(4-2)9-15-10-12(14)7-8-13(15)16/h7-8,10-11H,3-6,9,14H2,1-2H3. The number of rotatable bonds is 6. The van der Waals surface area contributed by atoms with E-state index in [1.54, 1.807) is 22.9 Å². The third kappa shape index (κ3) is 3.72. The molecule has 0 aliphatic heterocycles. The highest BCUT2D eigenvalue weighted by molar-refractivity contribution is 5.33. The first-order chi connectivity index (χ1) is 7.67. The highest BCUT2D eigenvalue weighted by Gasteiger charge is 2.07. The third-order valence-corrected chi connectivity index (χ3v) is 3.00. The van der Waals surface area contributed by atoms with Gasteiger partial charge in [-0.2, -0.15) is 0 Å². The predicted molar refractivity (Wildman–Crippen MR) is 68.4 cm³/mol. The van der Waals surface area contributed by atoms with E-state index in [1.807, 2.05) is 0 Å². The molecule has 1 aromatic heterocycles. The van der Waals surface area contributed by atoms with Crippen LogP contribution in [0.4, 0.5) is 5.69 Å². The average Bonchev–Trinajstić information content (AvgIpc) is 2.28. The Hall–Kier alpha value is -1.25. The lowest BCUT2D eigenvalue weighted by molar-refractivity contribution is 0.386. The Morgan fingerprint density at radius 1 is 1.38 bits per heavy atom. The van der Waals surface area contributed by atoms with Crippen molar-refractivity contribution in [1.29, 1.82) is 0 Å². The monoisotopic (exact) mass is 222 g/mol. The van der Waals surface area contributed by atoms with Gasteiger partial charge in [-0.05, 0) is 18.4 Å². The first kappa shape index (κ1) is 12.8. The van der Waals surface area contributed by atoms with E-state index in [0.29, 0.717) is 11.6 Å². The Morgan fingerprint density at radius 2 is 2.12 bits per heavy atom. The molecule has 3 heteroatoms. The third-order valence-electron chi connectivity index (χ3n) is 3.00. The van der Waals surface area contributed by atoms with Gasteiger partial charge in [-0.25, -0.2) is 0 Å². The number of anilines is 1. The largest absolute Gasteiger partial charge is 0.398 e. The van der Waals surface area contributed by atoms with Crippen LogP contribution in [0.5, 0.6) is 0 Å². The molecule has 0 radical (unpaired) electrons. The molecule has 0 aromatic carbocycles.